The van der Waals surface area contributed by atoms with Gasteiger partial charge in [-0.3, -0.25) is 0 Å². The topological polar surface area (TPSA) is 15.3 Å². The second kappa shape index (κ2) is 7.46. The van der Waals surface area contributed by atoms with Crippen LogP contribution in [0, 0.1) is 0 Å². The molecule has 0 bridgehead atoms. The average Bonchev–Trinajstić information content (AvgIpc) is 2.82. The second-order valence-corrected chi connectivity index (χ2v) is 6.96. The van der Waals surface area contributed by atoms with E-state index in [2.05, 4.69) is 63.7 Å². The van der Waals surface area contributed by atoms with Crippen LogP contribution in [0.5, 0.6) is 0 Å². The summed E-state index contributed by atoms with van der Waals surface area (Å²) in [6.07, 6.45) is 0. The summed E-state index contributed by atoms with van der Waals surface area (Å²) in [5, 5.41) is 6.22. The van der Waals surface area contributed by atoms with Crippen LogP contribution < -0.4 is 10.2 Å². The van der Waals surface area contributed by atoms with Crippen molar-refractivity contribution >= 4 is 44.6 Å². The van der Waals surface area contributed by atoms with Crippen molar-refractivity contribution in [2.45, 2.75) is 20.0 Å². The van der Waals surface area contributed by atoms with E-state index >= 15 is 0 Å². The third kappa shape index (κ3) is 4.22. The first-order chi connectivity index (χ1) is 9.60. The Morgan fingerprint density at radius 2 is 2.15 bits per heavy atom. The number of nitrogens with one attached hydrogen (secondary N) is 1. The van der Waals surface area contributed by atoms with E-state index in [1.54, 1.807) is 11.3 Å². The van der Waals surface area contributed by atoms with Crippen LogP contribution in [0.25, 0.3) is 0 Å². The van der Waals surface area contributed by atoms with Gasteiger partial charge in [-0.15, -0.1) is 11.3 Å². The largest absolute Gasteiger partial charge is 0.369 e. The normalized spacial score (nSPS) is 10.8. The van der Waals surface area contributed by atoms with Crippen molar-refractivity contribution in [3.8, 4) is 0 Å². The number of anilines is 1. The number of rotatable bonds is 6. The zero-order valence-corrected chi connectivity index (χ0v) is 14.8. The van der Waals surface area contributed by atoms with Gasteiger partial charge in [0.25, 0.3) is 0 Å². The lowest BCUT2D eigenvalue weighted by atomic mass is 10.2. The lowest BCUT2D eigenvalue weighted by Gasteiger charge is -2.19. The van der Waals surface area contributed by atoms with Crippen LogP contribution in [0.3, 0.4) is 0 Å². The molecule has 0 atom stereocenters. The van der Waals surface area contributed by atoms with E-state index < -0.39 is 0 Å². The van der Waals surface area contributed by atoms with Gasteiger partial charge in [-0.2, -0.15) is 0 Å². The van der Waals surface area contributed by atoms with Gasteiger partial charge in [-0.05, 0) is 46.2 Å². The molecule has 0 aliphatic carbocycles. The zero-order valence-electron chi connectivity index (χ0n) is 11.6. The van der Waals surface area contributed by atoms with Crippen LogP contribution in [-0.4, -0.2) is 13.6 Å². The van der Waals surface area contributed by atoms with Crippen molar-refractivity contribution in [1.29, 1.82) is 0 Å². The molecule has 108 valence electrons. The van der Waals surface area contributed by atoms with Crippen LogP contribution in [0.15, 0.2) is 34.1 Å². The molecule has 0 fully saturated rings. The van der Waals surface area contributed by atoms with E-state index in [9.17, 15) is 0 Å². The Labute approximate surface area is 137 Å². The highest BCUT2D eigenvalue weighted by molar-refractivity contribution is 9.10. The minimum atomic E-state index is 0.817. The van der Waals surface area contributed by atoms with E-state index in [1.807, 2.05) is 6.07 Å². The molecular formula is C15H18BrClN2S. The van der Waals surface area contributed by atoms with Crippen molar-refractivity contribution in [1.82, 2.24) is 5.32 Å². The lowest BCUT2D eigenvalue weighted by molar-refractivity contribution is 0.727. The molecule has 1 aromatic carbocycles. The molecule has 0 spiro atoms. The third-order valence-corrected chi connectivity index (χ3v) is 5.09. The third-order valence-electron chi connectivity index (χ3n) is 3.06. The Bertz CT molecular complexity index is 571. The van der Waals surface area contributed by atoms with Crippen LogP contribution in [0.4, 0.5) is 5.69 Å². The number of hydrogen-bond donors (Lipinski definition) is 1. The number of halogens is 2. The fourth-order valence-electron chi connectivity index (χ4n) is 1.94. The van der Waals surface area contributed by atoms with Crippen LogP contribution in [-0.2, 0) is 13.1 Å². The molecule has 2 rings (SSSR count). The smallest absolute Gasteiger partial charge is 0.0519 e. The molecule has 0 aliphatic heterocycles. The summed E-state index contributed by atoms with van der Waals surface area (Å²) in [4.78, 5) is 3.54. The summed E-state index contributed by atoms with van der Waals surface area (Å²) in [5.41, 5.74) is 2.28. The Hall–Kier alpha value is -0.550. The monoisotopic (exact) mass is 372 g/mol. The lowest BCUT2D eigenvalue weighted by Crippen LogP contribution is -2.16. The maximum absolute atomic E-state index is 6.34. The van der Waals surface area contributed by atoms with E-state index in [0.29, 0.717) is 0 Å². The molecule has 2 aromatic rings. The Morgan fingerprint density at radius 1 is 1.35 bits per heavy atom. The van der Waals surface area contributed by atoms with Gasteiger partial charge in [-0.1, -0.05) is 24.6 Å². The number of thiophene rings is 1. The van der Waals surface area contributed by atoms with Gasteiger partial charge in [0, 0.05) is 39.0 Å². The SMILES string of the molecule is CCNCc1ccc(N(C)Cc2cc(Br)cs2)cc1Cl. The highest BCUT2D eigenvalue weighted by Gasteiger charge is 2.07. The molecule has 0 aliphatic rings. The Kier molecular flexibility index (Phi) is 5.90. The molecule has 2 nitrogen and oxygen atoms in total. The van der Waals surface area contributed by atoms with Crippen molar-refractivity contribution < 1.29 is 0 Å². The minimum Gasteiger partial charge on any atom is -0.369 e. The van der Waals surface area contributed by atoms with Crippen molar-refractivity contribution in [3.05, 3.63) is 49.6 Å². The quantitative estimate of drug-likeness (QED) is 0.774. The highest BCUT2D eigenvalue weighted by atomic mass is 79.9. The molecule has 0 saturated carbocycles. The van der Waals surface area contributed by atoms with E-state index in [0.717, 1.165) is 40.4 Å². The van der Waals surface area contributed by atoms with Gasteiger partial charge in [0.05, 0.1) is 6.54 Å². The maximum atomic E-state index is 6.34. The Morgan fingerprint density at radius 3 is 2.75 bits per heavy atom. The van der Waals surface area contributed by atoms with E-state index in [1.165, 1.54) is 4.88 Å². The first-order valence-electron chi connectivity index (χ1n) is 6.53. The predicted molar refractivity (Wildman–Crippen MR) is 93.0 cm³/mol. The molecule has 0 unspecified atom stereocenters. The molecule has 0 saturated heterocycles. The van der Waals surface area contributed by atoms with Gasteiger partial charge >= 0.3 is 0 Å². The summed E-state index contributed by atoms with van der Waals surface area (Å²) in [6, 6.07) is 8.42. The summed E-state index contributed by atoms with van der Waals surface area (Å²) >= 11 is 11.6. The van der Waals surface area contributed by atoms with Crippen molar-refractivity contribution in [2.75, 3.05) is 18.5 Å². The average molecular weight is 374 g/mol. The van der Waals surface area contributed by atoms with Gasteiger partial charge in [-0.25, -0.2) is 0 Å². The molecular weight excluding hydrogens is 356 g/mol. The first-order valence-corrected chi connectivity index (χ1v) is 8.58. The van der Waals surface area contributed by atoms with Crippen LogP contribution in [0.2, 0.25) is 5.02 Å². The van der Waals surface area contributed by atoms with Gasteiger partial charge in [0.15, 0.2) is 0 Å². The van der Waals surface area contributed by atoms with Gasteiger partial charge in [0.2, 0.25) is 0 Å². The second-order valence-electron chi connectivity index (χ2n) is 4.64. The van der Waals surface area contributed by atoms with Crippen LogP contribution >= 0.6 is 38.9 Å². The summed E-state index contributed by atoms with van der Waals surface area (Å²) in [6.45, 7) is 4.75. The molecule has 1 aromatic heterocycles. The number of benzene rings is 1. The fourth-order valence-corrected chi connectivity index (χ4v) is 3.68. The van der Waals surface area contributed by atoms with Crippen molar-refractivity contribution in [2.24, 2.45) is 0 Å². The Balaban J connectivity index is 2.06. The summed E-state index contributed by atoms with van der Waals surface area (Å²) < 4.78 is 1.14. The maximum Gasteiger partial charge on any atom is 0.0519 e. The first kappa shape index (κ1) is 15.8. The van der Waals surface area contributed by atoms with Gasteiger partial charge < -0.3 is 10.2 Å². The number of nitrogens with zero attached hydrogens (tertiary/aromatic N) is 1. The van der Waals surface area contributed by atoms with Crippen molar-refractivity contribution in [3.63, 3.8) is 0 Å². The summed E-state index contributed by atoms with van der Waals surface area (Å²) in [5.74, 6) is 0. The molecule has 0 amide bonds. The van der Waals surface area contributed by atoms with Gasteiger partial charge in [0.1, 0.15) is 0 Å². The molecule has 1 N–H and O–H groups in total. The zero-order chi connectivity index (χ0) is 14.5. The van der Waals surface area contributed by atoms with E-state index in [-0.39, 0.29) is 0 Å². The minimum absolute atomic E-state index is 0.817. The molecule has 0 radical (unpaired) electrons. The highest BCUT2D eigenvalue weighted by Crippen LogP contribution is 2.26. The standard InChI is InChI=1S/C15H18BrClN2S/c1-3-18-8-11-4-5-13(7-15(11)17)19(2)9-14-6-12(16)10-20-14/h4-7,10,18H,3,8-9H2,1-2H3. The molecule has 5 heteroatoms. The van der Waals surface area contributed by atoms with E-state index in [4.69, 9.17) is 11.6 Å². The molecule has 20 heavy (non-hydrogen) atoms. The fraction of sp³-hybridized carbons (Fsp3) is 0.333. The predicted octanol–water partition coefficient (Wildman–Crippen LogP) is 4.91. The van der Waals surface area contributed by atoms with Crippen LogP contribution in [0.1, 0.15) is 17.4 Å². The summed E-state index contributed by atoms with van der Waals surface area (Å²) in [7, 11) is 2.09. The molecule has 1 heterocycles. The number of hydrogen-bond acceptors (Lipinski definition) is 3.